The monoisotopic (exact) mass is 540 g/mol. The van der Waals surface area contributed by atoms with E-state index in [0.29, 0.717) is 0 Å². The second-order valence-electron chi connectivity index (χ2n) is 6.40. The summed E-state index contributed by atoms with van der Waals surface area (Å²) in [5.41, 5.74) is 0. The summed E-state index contributed by atoms with van der Waals surface area (Å²) in [6.07, 6.45) is 12.3. The molecule has 20 heteroatoms. The van der Waals surface area contributed by atoms with Crippen LogP contribution in [0.25, 0.3) is 0 Å². The van der Waals surface area contributed by atoms with Crippen LogP contribution in [0.1, 0.15) is 39.5 Å². The van der Waals surface area contributed by atoms with E-state index in [-0.39, 0.29) is 0 Å². The molecular weight excluding hydrogens is 518 g/mol. The first-order chi connectivity index (χ1) is 13.7. The van der Waals surface area contributed by atoms with Crippen molar-refractivity contribution in [3.05, 3.63) is 25.3 Å². The molecule has 0 radical (unpaired) electrons. The van der Waals surface area contributed by atoms with E-state index in [2.05, 4.69) is 24.0 Å². The van der Waals surface area contributed by atoms with Gasteiger partial charge in [0.2, 0.25) is 0 Å². The van der Waals surface area contributed by atoms with E-state index in [1.807, 2.05) is 44.0 Å². The molecule has 2 heterocycles. The molecule has 0 amide bonds. The van der Waals surface area contributed by atoms with Gasteiger partial charge in [-0.05, 0) is 32.4 Å². The average Bonchev–Trinajstić information content (AvgIpc) is 3.13. The van der Waals surface area contributed by atoms with Crippen LogP contribution >= 0.6 is 15.6 Å². The van der Waals surface area contributed by atoms with Crippen molar-refractivity contribution in [2.24, 2.45) is 0 Å². The Balaban J connectivity index is 0.000000570. The second kappa shape index (κ2) is 8.58. The molecule has 0 saturated heterocycles. The number of rotatable bonds is 7. The van der Waals surface area contributed by atoms with Crippen LogP contribution in [0.5, 0.6) is 0 Å². The van der Waals surface area contributed by atoms with Gasteiger partial charge in [0.05, 0.1) is 0 Å². The Morgan fingerprint density at radius 1 is 0.594 bits per heavy atom. The van der Waals surface area contributed by atoms with Crippen LogP contribution in [0.15, 0.2) is 25.3 Å². The molecule has 0 aliphatic heterocycles. The summed E-state index contributed by atoms with van der Waals surface area (Å²) in [7, 11) is -21.3. The zero-order valence-electron chi connectivity index (χ0n) is 16.7. The van der Waals surface area contributed by atoms with Crippen LogP contribution in [-0.2, 0) is 13.1 Å². The first-order valence-electron chi connectivity index (χ1n) is 8.74. The maximum absolute atomic E-state index is 10.7. The van der Waals surface area contributed by atoms with Gasteiger partial charge in [-0.2, -0.15) is 0 Å². The molecule has 0 unspecified atom stereocenters. The third-order valence-corrected chi connectivity index (χ3v) is 2.89. The second-order valence-corrected chi connectivity index (χ2v) is 10.2. The molecule has 0 aliphatic carbocycles. The molecule has 0 saturated carbocycles. The molecule has 0 fully saturated rings. The molecule has 2 rings (SSSR count). The van der Waals surface area contributed by atoms with E-state index in [1.54, 1.807) is 0 Å². The zero-order valence-corrected chi connectivity index (χ0v) is 18.5. The van der Waals surface area contributed by atoms with Gasteiger partial charge in [-0.3, -0.25) is 0 Å². The molecule has 32 heavy (non-hydrogen) atoms. The number of halogens is 12. The van der Waals surface area contributed by atoms with E-state index >= 15 is 0 Å². The van der Waals surface area contributed by atoms with Crippen molar-refractivity contribution in [3.63, 3.8) is 0 Å². The van der Waals surface area contributed by atoms with Crippen molar-refractivity contribution in [2.75, 3.05) is 0 Å². The first-order valence-corrected chi connectivity index (χ1v) is 12.8. The van der Waals surface area contributed by atoms with Crippen LogP contribution < -0.4 is 9.36 Å². The van der Waals surface area contributed by atoms with E-state index < -0.39 is 15.6 Å². The topological polar surface area (TPSA) is 43.4 Å². The summed E-state index contributed by atoms with van der Waals surface area (Å²) >= 11 is 0. The van der Waals surface area contributed by atoms with Crippen molar-refractivity contribution in [1.82, 2.24) is 19.5 Å². The van der Waals surface area contributed by atoms with Crippen LogP contribution in [0.4, 0.5) is 50.4 Å². The zero-order chi connectivity index (χ0) is 25.6. The average molecular weight is 540 g/mol. The molecular formula is C12H22F12N6P2. The molecule has 0 aliphatic rings. The third kappa shape index (κ3) is 26.3. The van der Waals surface area contributed by atoms with Crippen molar-refractivity contribution in [1.29, 1.82) is 0 Å². The number of hydrogen-bond acceptors (Lipinski definition) is 2. The normalized spacial score (nSPS) is 16.3. The van der Waals surface area contributed by atoms with Gasteiger partial charge in [0.25, 0.3) is 12.7 Å². The Bertz CT molecular complexity index is 760. The van der Waals surface area contributed by atoms with Gasteiger partial charge in [0.1, 0.15) is 13.1 Å². The van der Waals surface area contributed by atoms with Gasteiger partial charge >= 0.3 is 78.6 Å². The molecule has 0 atom stereocenters. The predicted molar refractivity (Wildman–Crippen MR) is 92.6 cm³/mol. The fraction of sp³-hybridized carbons (Fsp3) is 0.667. The quantitative estimate of drug-likeness (QED) is 0.210. The summed E-state index contributed by atoms with van der Waals surface area (Å²) in [4.78, 5) is 0. The molecule has 0 N–H and O–H groups in total. The third-order valence-electron chi connectivity index (χ3n) is 2.89. The van der Waals surface area contributed by atoms with Crippen molar-refractivity contribution in [3.8, 4) is 0 Å². The maximum atomic E-state index is 9.87. The van der Waals surface area contributed by atoms with Gasteiger partial charge in [-0.1, -0.05) is 26.7 Å². The minimum absolute atomic E-state index is 0.966. The van der Waals surface area contributed by atoms with Gasteiger partial charge in [-0.25, -0.2) is 0 Å². The van der Waals surface area contributed by atoms with E-state index in [1.165, 1.54) is 12.8 Å². The molecule has 194 valence electrons. The van der Waals surface area contributed by atoms with E-state index in [9.17, 15) is 50.4 Å². The van der Waals surface area contributed by atoms with Crippen LogP contribution in [0, 0.1) is 0 Å². The standard InChI is InChI=1S/C12H22N6.2F6P/c1-3-5-7-15-11-17(9-13-15)18-10-14-16(12-18)8-6-4-2;2*1-7(2,3,4,5)6/h9-12H,3-8H2,1-2H3;;/q+2;2*-1. The summed E-state index contributed by atoms with van der Waals surface area (Å²) < 4.78 is 126. The molecule has 0 spiro atoms. The fourth-order valence-corrected chi connectivity index (χ4v) is 1.74. The number of aryl methyl sites for hydroxylation is 2. The molecule has 0 aromatic carbocycles. The molecule has 2 aromatic rings. The summed E-state index contributed by atoms with van der Waals surface area (Å²) in [6.45, 7) is 6.30. The number of unbranched alkanes of at least 4 members (excludes halogenated alkanes) is 2. The number of nitrogens with zero attached hydrogens (tertiary/aromatic N) is 6. The first kappa shape index (κ1) is 30.3. The van der Waals surface area contributed by atoms with Crippen LogP contribution in [0.3, 0.4) is 0 Å². The number of aromatic nitrogens is 6. The predicted octanol–water partition coefficient (Wildman–Crippen LogP) is 7.33. The number of hydrogen-bond donors (Lipinski definition) is 0. The Labute approximate surface area is 173 Å². The van der Waals surface area contributed by atoms with Crippen molar-refractivity contribution >= 4 is 15.6 Å². The Hall–Kier alpha value is -1.70. The van der Waals surface area contributed by atoms with Crippen LogP contribution in [0.2, 0.25) is 0 Å². The van der Waals surface area contributed by atoms with Crippen molar-refractivity contribution < 1.29 is 59.7 Å². The van der Waals surface area contributed by atoms with Gasteiger partial charge in [-0.15, -0.1) is 9.36 Å². The van der Waals surface area contributed by atoms with Gasteiger partial charge < -0.3 is 0 Å². The summed E-state index contributed by atoms with van der Waals surface area (Å²) in [5, 5.41) is 8.65. The molecule has 0 bridgehead atoms. The van der Waals surface area contributed by atoms with Crippen molar-refractivity contribution in [2.45, 2.75) is 52.6 Å². The summed E-state index contributed by atoms with van der Waals surface area (Å²) in [6, 6.07) is 0. The SMILES string of the molecule is CCCC[n+]1cn(-n2cn[n+](CCCC)c2)cn1.F[P-](F)(F)(F)(F)F.F[P-](F)(F)(F)(F)F. The van der Waals surface area contributed by atoms with Crippen LogP contribution in [-0.4, -0.2) is 19.5 Å². The Kier molecular flexibility index (Phi) is 8.12. The van der Waals surface area contributed by atoms with E-state index in [0.717, 1.165) is 25.9 Å². The Morgan fingerprint density at radius 3 is 1.06 bits per heavy atom. The molecule has 2 aromatic heterocycles. The minimum atomic E-state index is -10.7. The fourth-order valence-electron chi connectivity index (χ4n) is 1.74. The molecule has 6 nitrogen and oxygen atoms in total. The van der Waals surface area contributed by atoms with Gasteiger partial charge in [0.15, 0.2) is 0 Å². The summed E-state index contributed by atoms with van der Waals surface area (Å²) in [5.74, 6) is 0. The van der Waals surface area contributed by atoms with E-state index in [4.69, 9.17) is 0 Å². The van der Waals surface area contributed by atoms with Gasteiger partial charge in [0, 0.05) is 0 Å². The Morgan fingerprint density at radius 2 is 0.844 bits per heavy atom.